The summed E-state index contributed by atoms with van der Waals surface area (Å²) in [7, 11) is 0. The van der Waals surface area contributed by atoms with Crippen LogP contribution in [0.15, 0.2) is 48.5 Å². The van der Waals surface area contributed by atoms with Gasteiger partial charge in [-0.1, -0.05) is 48.9 Å². The second-order valence-corrected chi connectivity index (χ2v) is 6.20. The predicted molar refractivity (Wildman–Crippen MR) is 82.7 cm³/mol. The number of para-hydroxylation sites is 1. The van der Waals surface area contributed by atoms with Crippen molar-refractivity contribution in [3.63, 3.8) is 0 Å². The molecule has 2 unspecified atom stereocenters. The first-order valence-corrected chi connectivity index (χ1v) is 7.82. The molecule has 2 atom stereocenters. The summed E-state index contributed by atoms with van der Waals surface area (Å²) in [4.78, 5) is 0. The van der Waals surface area contributed by atoms with Crippen molar-refractivity contribution in [1.82, 2.24) is 0 Å². The Bertz CT molecular complexity index is 646. The summed E-state index contributed by atoms with van der Waals surface area (Å²) in [6, 6.07) is 16.5. The van der Waals surface area contributed by atoms with E-state index in [1.54, 1.807) is 0 Å². The number of hydrogen-bond donors (Lipinski definition) is 1. The monoisotopic (exact) mass is 280 g/mol. The summed E-state index contributed by atoms with van der Waals surface area (Å²) >= 11 is 0. The van der Waals surface area contributed by atoms with E-state index in [4.69, 9.17) is 4.74 Å². The molecule has 2 aromatic carbocycles. The standard InChI is InChI=1S/C19H20O2/c20-19(17-12-21-18-10-2-1-9-16(17)18)15-8-4-7-14(11-15)13-5-3-6-13/h1-2,4,7-11,13,17,19-20H,3,5-6,12H2. The zero-order valence-electron chi connectivity index (χ0n) is 12.0. The Labute approximate surface area is 125 Å². The van der Waals surface area contributed by atoms with Crippen molar-refractivity contribution in [2.75, 3.05) is 6.61 Å². The zero-order chi connectivity index (χ0) is 14.2. The van der Waals surface area contributed by atoms with Crippen LogP contribution in [0.2, 0.25) is 0 Å². The van der Waals surface area contributed by atoms with Gasteiger partial charge in [0.2, 0.25) is 0 Å². The summed E-state index contributed by atoms with van der Waals surface area (Å²) in [6.45, 7) is 0.564. The van der Waals surface area contributed by atoms with Crippen LogP contribution in [0.25, 0.3) is 0 Å². The number of rotatable bonds is 3. The maximum atomic E-state index is 10.8. The first kappa shape index (κ1) is 12.9. The van der Waals surface area contributed by atoms with Gasteiger partial charge in [0.1, 0.15) is 5.75 Å². The molecule has 0 radical (unpaired) electrons. The third-order valence-electron chi connectivity index (χ3n) is 4.95. The molecule has 2 aliphatic rings. The maximum Gasteiger partial charge on any atom is 0.123 e. The third kappa shape index (κ3) is 2.24. The van der Waals surface area contributed by atoms with Crippen LogP contribution in [0.4, 0.5) is 0 Å². The third-order valence-corrected chi connectivity index (χ3v) is 4.95. The lowest BCUT2D eigenvalue weighted by atomic mass is 9.79. The lowest BCUT2D eigenvalue weighted by molar-refractivity contribution is 0.130. The Morgan fingerprint density at radius 1 is 1.05 bits per heavy atom. The fourth-order valence-corrected chi connectivity index (χ4v) is 3.42. The highest BCUT2D eigenvalue weighted by Gasteiger charge is 2.31. The topological polar surface area (TPSA) is 29.5 Å². The number of benzene rings is 2. The lowest BCUT2D eigenvalue weighted by Gasteiger charge is -2.27. The number of aliphatic hydroxyl groups excluding tert-OH is 1. The van der Waals surface area contributed by atoms with Gasteiger partial charge >= 0.3 is 0 Å². The lowest BCUT2D eigenvalue weighted by Crippen LogP contribution is -2.14. The van der Waals surface area contributed by atoms with Gasteiger partial charge in [0.25, 0.3) is 0 Å². The Morgan fingerprint density at radius 3 is 2.71 bits per heavy atom. The van der Waals surface area contributed by atoms with Gasteiger partial charge < -0.3 is 9.84 Å². The largest absolute Gasteiger partial charge is 0.493 e. The van der Waals surface area contributed by atoms with E-state index in [0.29, 0.717) is 12.5 Å². The van der Waals surface area contributed by atoms with E-state index < -0.39 is 6.10 Å². The highest BCUT2D eigenvalue weighted by atomic mass is 16.5. The minimum Gasteiger partial charge on any atom is -0.493 e. The quantitative estimate of drug-likeness (QED) is 0.914. The molecule has 1 N–H and O–H groups in total. The molecule has 0 aromatic heterocycles. The average molecular weight is 280 g/mol. The molecular formula is C19H20O2. The molecule has 1 heterocycles. The van der Waals surface area contributed by atoms with Gasteiger partial charge in [-0.05, 0) is 36.0 Å². The molecule has 21 heavy (non-hydrogen) atoms. The van der Waals surface area contributed by atoms with Crippen LogP contribution in [0.5, 0.6) is 5.75 Å². The van der Waals surface area contributed by atoms with Crippen LogP contribution in [0.1, 0.15) is 53.9 Å². The van der Waals surface area contributed by atoms with Crippen LogP contribution < -0.4 is 4.74 Å². The van der Waals surface area contributed by atoms with Gasteiger partial charge in [-0.25, -0.2) is 0 Å². The highest BCUT2D eigenvalue weighted by molar-refractivity contribution is 5.42. The minimum atomic E-state index is -0.492. The van der Waals surface area contributed by atoms with E-state index in [1.807, 2.05) is 24.3 Å². The summed E-state index contributed by atoms with van der Waals surface area (Å²) in [5.41, 5.74) is 3.52. The Balaban J connectivity index is 1.62. The molecular weight excluding hydrogens is 260 g/mol. The fraction of sp³-hybridized carbons (Fsp3) is 0.368. The molecule has 1 aliphatic heterocycles. The molecule has 2 heteroatoms. The molecule has 0 amide bonds. The minimum absolute atomic E-state index is 0.0397. The van der Waals surface area contributed by atoms with Crippen LogP contribution >= 0.6 is 0 Å². The molecule has 1 saturated carbocycles. The molecule has 4 rings (SSSR count). The summed E-state index contributed by atoms with van der Waals surface area (Å²) in [6.07, 6.45) is 3.42. The second-order valence-electron chi connectivity index (χ2n) is 6.20. The number of fused-ring (bicyclic) bond motifs is 1. The predicted octanol–water partition coefficient (Wildman–Crippen LogP) is 4.16. The number of ether oxygens (including phenoxy) is 1. The first-order valence-electron chi connectivity index (χ1n) is 7.82. The van der Waals surface area contributed by atoms with Crippen LogP contribution in [-0.2, 0) is 0 Å². The van der Waals surface area contributed by atoms with E-state index in [0.717, 1.165) is 16.9 Å². The van der Waals surface area contributed by atoms with E-state index in [-0.39, 0.29) is 5.92 Å². The van der Waals surface area contributed by atoms with Gasteiger partial charge in [0, 0.05) is 5.56 Å². The van der Waals surface area contributed by atoms with Gasteiger partial charge in [-0.15, -0.1) is 0 Å². The molecule has 108 valence electrons. The van der Waals surface area contributed by atoms with Crippen molar-refractivity contribution in [2.45, 2.75) is 37.2 Å². The SMILES string of the molecule is OC(c1cccc(C2CCC2)c1)C1COc2ccccc21. The molecule has 1 fully saturated rings. The van der Waals surface area contributed by atoms with Gasteiger partial charge in [0.05, 0.1) is 18.6 Å². The molecule has 0 saturated heterocycles. The molecule has 0 spiro atoms. The van der Waals surface area contributed by atoms with Crippen molar-refractivity contribution in [2.24, 2.45) is 0 Å². The van der Waals surface area contributed by atoms with Crippen LogP contribution in [0.3, 0.4) is 0 Å². The molecule has 2 nitrogen and oxygen atoms in total. The molecule has 2 aromatic rings. The Morgan fingerprint density at radius 2 is 1.90 bits per heavy atom. The molecule has 0 bridgehead atoms. The maximum absolute atomic E-state index is 10.8. The van der Waals surface area contributed by atoms with Gasteiger partial charge in [-0.3, -0.25) is 0 Å². The van der Waals surface area contributed by atoms with Crippen molar-refractivity contribution in [1.29, 1.82) is 0 Å². The fourth-order valence-electron chi connectivity index (χ4n) is 3.42. The van der Waals surface area contributed by atoms with E-state index >= 15 is 0 Å². The summed E-state index contributed by atoms with van der Waals surface area (Å²) in [5.74, 6) is 1.65. The smallest absolute Gasteiger partial charge is 0.123 e. The van der Waals surface area contributed by atoms with Crippen LogP contribution in [-0.4, -0.2) is 11.7 Å². The van der Waals surface area contributed by atoms with Gasteiger partial charge in [-0.2, -0.15) is 0 Å². The van der Waals surface area contributed by atoms with E-state index in [2.05, 4.69) is 24.3 Å². The van der Waals surface area contributed by atoms with Gasteiger partial charge in [0.15, 0.2) is 0 Å². The average Bonchev–Trinajstić information content (AvgIpc) is 2.89. The molecule has 1 aliphatic carbocycles. The summed E-state index contributed by atoms with van der Waals surface area (Å²) in [5, 5.41) is 10.8. The number of hydrogen-bond acceptors (Lipinski definition) is 2. The van der Waals surface area contributed by atoms with Crippen molar-refractivity contribution in [3.05, 3.63) is 65.2 Å². The number of aliphatic hydroxyl groups is 1. The second kappa shape index (κ2) is 5.19. The van der Waals surface area contributed by atoms with Crippen molar-refractivity contribution < 1.29 is 9.84 Å². The summed E-state index contributed by atoms with van der Waals surface area (Å²) < 4.78 is 5.70. The Kier molecular flexibility index (Phi) is 3.19. The Hall–Kier alpha value is -1.80. The van der Waals surface area contributed by atoms with Crippen LogP contribution in [0, 0.1) is 0 Å². The highest BCUT2D eigenvalue weighted by Crippen LogP contribution is 2.42. The normalized spacial score (nSPS) is 22.2. The van der Waals surface area contributed by atoms with E-state index in [9.17, 15) is 5.11 Å². The first-order chi connectivity index (χ1) is 10.3. The van der Waals surface area contributed by atoms with Crippen molar-refractivity contribution in [3.8, 4) is 5.75 Å². The zero-order valence-corrected chi connectivity index (χ0v) is 12.0. The van der Waals surface area contributed by atoms with Crippen molar-refractivity contribution >= 4 is 0 Å². The van der Waals surface area contributed by atoms with E-state index in [1.165, 1.54) is 24.8 Å².